The average molecular weight is 355 g/mol. The van der Waals surface area contributed by atoms with Gasteiger partial charge in [-0.15, -0.1) is 0 Å². The summed E-state index contributed by atoms with van der Waals surface area (Å²) in [4.78, 5) is 27.8. The minimum atomic E-state index is -0.173. The molecule has 1 amide bonds. The standard InChI is InChI=1S/C19H25N5O2/c1-12-7-6-8-14(16(12)25)18(26)24-10-9-13-15(11-24)20-19(23(4)5)21-17(13)22(2)3/h6-8,25H,9-11H2,1-5H3. The van der Waals surface area contributed by atoms with Crippen molar-refractivity contribution in [3.63, 3.8) is 0 Å². The highest BCUT2D eigenvalue weighted by Gasteiger charge is 2.28. The van der Waals surface area contributed by atoms with Gasteiger partial charge in [-0.25, -0.2) is 4.98 Å². The van der Waals surface area contributed by atoms with Crippen LogP contribution in [0.2, 0.25) is 0 Å². The van der Waals surface area contributed by atoms with Gasteiger partial charge >= 0.3 is 0 Å². The normalized spacial score (nSPS) is 13.3. The Bertz CT molecular complexity index is 848. The molecular weight excluding hydrogens is 330 g/mol. The molecule has 1 aromatic carbocycles. The zero-order valence-electron chi connectivity index (χ0n) is 15.9. The number of anilines is 2. The maximum atomic E-state index is 12.9. The van der Waals surface area contributed by atoms with Crippen molar-refractivity contribution in [1.29, 1.82) is 0 Å². The summed E-state index contributed by atoms with van der Waals surface area (Å²) in [6.07, 6.45) is 0.689. The van der Waals surface area contributed by atoms with Crippen LogP contribution in [0.3, 0.4) is 0 Å². The Balaban J connectivity index is 1.96. The predicted molar refractivity (Wildman–Crippen MR) is 102 cm³/mol. The minimum absolute atomic E-state index is 0.0499. The Morgan fingerprint density at radius 2 is 1.88 bits per heavy atom. The first kappa shape index (κ1) is 18.0. The summed E-state index contributed by atoms with van der Waals surface area (Å²) in [7, 11) is 7.73. The molecule has 1 aromatic heterocycles. The molecule has 0 aliphatic carbocycles. The molecule has 0 saturated carbocycles. The van der Waals surface area contributed by atoms with Gasteiger partial charge in [0.1, 0.15) is 11.6 Å². The lowest BCUT2D eigenvalue weighted by molar-refractivity contribution is 0.0728. The fourth-order valence-corrected chi connectivity index (χ4v) is 3.14. The SMILES string of the molecule is Cc1cccc(C(=O)N2CCc3c(nc(N(C)C)nc3N(C)C)C2)c1O. The van der Waals surface area contributed by atoms with Crippen LogP contribution in [0.15, 0.2) is 18.2 Å². The summed E-state index contributed by atoms with van der Waals surface area (Å²) in [6.45, 7) is 2.77. The number of phenolic OH excluding ortho intramolecular Hbond substituents is 1. The van der Waals surface area contributed by atoms with Crippen LogP contribution in [0.25, 0.3) is 0 Å². The summed E-state index contributed by atoms with van der Waals surface area (Å²) in [5, 5.41) is 10.2. The third-order valence-electron chi connectivity index (χ3n) is 4.61. The number of rotatable bonds is 3. The van der Waals surface area contributed by atoms with Crippen LogP contribution in [0, 0.1) is 6.92 Å². The number of nitrogens with zero attached hydrogens (tertiary/aromatic N) is 5. The van der Waals surface area contributed by atoms with Crippen molar-refractivity contribution in [1.82, 2.24) is 14.9 Å². The second-order valence-corrected chi connectivity index (χ2v) is 7.01. The summed E-state index contributed by atoms with van der Waals surface area (Å²) < 4.78 is 0. The van der Waals surface area contributed by atoms with E-state index < -0.39 is 0 Å². The molecule has 0 saturated heterocycles. The van der Waals surface area contributed by atoms with Gasteiger partial charge in [-0.3, -0.25) is 4.79 Å². The van der Waals surface area contributed by atoms with E-state index in [1.807, 2.05) is 38.0 Å². The number of aromatic hydroxyl groups is 1. The van der Waals surface area contributed by atoms with Crippen LogP contribution in [-0.4, -0.2) is 60.6 Å². The van der Waals surface area contributed by atoms with Gasteiger partial charge in [0.15, 0.2) is 0 Å². The molecule has 0 spiro atoms. The van der Waals surface area contributed by atoms with Crippen LogP contribution in [0.4, 0.5) is 11.8 Å². The molecule has 7 nitrogen and oxygen atoms in total. The number of para-hydroxylation sites is 1. The Kier molecular flexibility index (Phi) is 4.71. The van der Waals surface area contributed by atoms with E-state index >= 15 is 0 Å². The van der Waals surface area contributed by atoms with E-state index in [-0.39, 0.29) is 11.7 Å². The van der Waals surface area contributed by atoms with Crippen molar-refractivity contribution in [3.05, 3.63) is 40.6 Å². The number of carbonyl (C=O) groups is 1. The zero-order valence-corrected chi connectivity index (χ0v) is 15.9. The van der Waals surface area contributed by atoms with Crippen LogP contribution in [0.1, 0.15) is 27.2 Å². The molecule has 0 radical (unpaired) electrons. The molecule has 1 N–H and O–H groups in total. The highest BCUT2D eigenvalue weighted by atomic mass is 16.3. The highest BCUT2D eigenvalue weighted by Crippen LogP contribution is 2.29. The summed E-state index contributed by atoms with van der Waals surface area (Å²) >= 11 is 0. The molecule has 0 unspecified atom stereocenters. The van der Waals surface area contributed by atoms with Gasteiger partial charge in [0, 0.05) is 40.3 Å². The van der Waals surface area contributed by atoms with Crippen molar-refractivity contribution >= 4 is 17.7 Å². The number of fused-ring (bicyclic) bond motifs is 1. The van der Waals surface area contributed by atoms with Gasteiger partial charge < -0.3 is 19.8 Å². The Morgan fingerprint density at radius 1 is 1.15 bits per heavy atom. The minimum Gasteiger partial charge on any atom is -0.507 e. The Hall–Kier alpha value is -2.83. The molecular formula is C19H25N5O2. The number of benzene rings is 1. The number of carbonyl (C=O) groups excluding carboxylic acids is 1. The van der Waals surface area contributed by atoms with E-state index in [4.69, 9.17) is 0 Å². The third-order valence-corrected chi connectivity index (χ3v) is 4.61. The fraction of sp³-hybridized carbons (Fsp3) is 0.421. The summed E-state index contributed by atoms with van der Waals surface area (Å²) in [5.74, 6) is 1.39. The molecule has 1 aliphatic rings. The predicted octanol–water partition coefficient (Wildman–Crippen LogP) is 1.82. The van der Waals surface area contributed by atoms with Gasteiger partial charge in [-0.2, -0.15) is 4.98 Å². The number of aromatic nitrogens is 2. The first-order valence-corrected chi connectivity index (χ1v) is 8.62. The lowest BCUT2D eigenvalue weighted by atomic mass is 10.0. The zero-order chi connectivity index (χ0) is 19.0. The van der Waals surface area contributed by atoms with Crippen LogP contribution in [-0.2, 0) is 13.0 Å². The molecule has 7 heteroatoms. The van der Waals surface area contributed by atoms with E-state index in [2.05, 4.69) is 9.97 Å². The average Bonchev–Trinajstić information content (AvgIpc) is 2.61. The van der Waals surface area contributed by atoms with E-state index in [0.29, 0.717) is 36.6 Å². The van der Waals surface area contributed by atoms with Crippen LogP contribution < -0.4 is 9.80 Å². The maximum Gasteiger partial charge on any atom is 0.257 e. The van der Waals surface area contributed by atoms with Gasteiger partial charge in [-0.05, 0) is 25.0 Å². The van der Waals surface area contributed by atoms with Gasteiger partial charge in [-0.1, -0.05) is 12.1 Å². The smallest absolute Gasteiger partial charge is 0.257 e. The fourth-order valence-electron chi connectivity index (χ4n) is 3.14. The molecule has 3 rings (SSSR count). The molecule has 0 atom stereocenters. The molecule has 1 aliphatic heterocycles. The van der Waals surface area contributed by atoms with Crippen molar-refractivity contribution in [2.75, 3.05) is 44.5 Å². The molecule has 2 heterocycles. The number of aryl methyl sites for hydroxylation is 1. The molecule has 26 heavy (non-hydrogen) atoms. The summed E-state index contributed by atoms with van der Waals surface area (Å²) in [6, 6.07) is 5.24. The third kappa shape index (κ3) is 3.16. The van der Waals surface area contributed by atoms with Gasteiger partial charge in [0.2, 0.25) is 5.95 Å². The molecule has 0 fully saturated rings. The number of phenols is 1. The lowest BCUT2D eigenvalue weighted by Crippen LogP contribution is -2.37. The second-order valence-electron chi connectivity index (χ2n) is 7.01. The maximum absolute atomic E-state index is 12.9. The first-order chi connectivity index (χ1) is 12.3. The largest absolute Gasteiger partial charge is 0.507 e. The molecule has 0 bridgehead atoms. The summed E-state index contributed by atoms with van der Waals surface area (Å²) in [5.41, 5.74) is 2.97. The quantitative estimate of drug-likeness (QED) is 0.905. The van der Waals surface area contributed by atoms with E-state index in [1.165, 1.54) is 0 Å². The number of amides is 1. The van der Waals surface area contributed by atoms with Crippen molar-refractivity contribution in [2.45, 2.75) is 19.9 Å². The van der Waals surface area contributed by atoms with Crippen LogP contribution >= 0.6 is 0 Å². The topological polar surface area (TPSA) is 72.8 Å². The van der Waals surface area contributed by atoms with Crippen molar-refractivity contribution in [2.24, 2.45) is 0 Å². The molecule has 138 valence electrons. The highest BCUT2D eigenvalue weighted by molar-refractivity contribution is 5.97. The number of hydrogen-bond acceptors (Lipinski definition) is 6. The van der Waals surface area contributed by atoms with E-state index in [0.717, 1.165) is 17.1 Å². The van der Waals surface area contributed by atoms with Gasteiger partial charge in [0.25, 0.3) is 5.91 Å². The van der Waals surface area contributed by atoms with E-state index in [9.17, 15) is 9.90 Å². The van der Waals surface area contributed by atoms with Crippen molar-refractivity contribution in [3.8, 4) is 5.75 Å². The monoisotopic (exact) mass is 355 g/mol. The van der Waals surface area contributed by atoms with E-state index in [1.54, 1.807) is 30.0 Å². The Labute approximate surface area is 153 Å². The van der Waals surface area contributed by atoms with Gasteiger partial charge in [0.05, 0.1) is 17.8 Å². The Morgan fingerprint density at radius 3 is 2.54 bits per heavy atom. The lowest BCUT2D eigenvalue weighted by Gasteiger charge is -2.31. The van der Waals surface area contributed by atoms with Crippen LogP contribution in [0.5, 0.6) is 5.75 Å². The molecule has 2 aromatic rings. The first-order valence-electron chi connectivity index (χ1n) is 8.62. The second kappa shape index (κ2) is 6.82. The number of hydrogen-bond donors (Lipinski definition) is 1. The van der Waals surface area contributed by atoms with Crippen molar-refractivity contribution < 1.29 is 9.90 Å².